The van der Waals surface area contributed by atoms with Gasteiger partial charge in [-0.15, -0.1) is 22.7 Å². The van der Waals surface area contributed by atoms with Crippen molar-refractivity contribution in [3.63, 3.8) is 0 Å². The second kappa shape index (κ2) is 15.7. The van der Waals surface area contributed by atoms with Crippen molar-refractivity contribution in [3.05, 3.63) is 231 Å². The summed E-state index contributed by atoms with van der Waals surface area (Å²) in [4.78, 5) is 16.0. The van der Waals surface area contributed by atoms with E-state index in [9.17, 15) is 0 Å². The quantitative estimate of drug-likeness (QED) is 0.167. The molecule has 0 spiro atoms. The summed E-state index contributed by atoms with van der Waals surface area (Å²) in [5.74, 6) is 1.89. The lowest BCUT2D eigenvalue weighted by Gasteiger charge is -2.14. The van der Waals surface area contributed by atoms with Crippen LogP contribution in [0, 0.1) is 0 Å². The van der Waals surface area contributed by atoms with Gasteiger partial charge in [-0.2, -0.15) is 0 Å². The summed E-state index contributed by atoms with van der Waals surface area (Å²) in [6, 6.07) is 83.7. The lowest BCUT2D eigenvalue weighted by Crippen LogP contribution is -2.01. The maximum atomic E-state index is 5.37. The van der Waals surface area contributed by atoms with Crippen LogP contribution in [0.1, 0.15) is 0 Å². The second-order valence-corrected chi connectivity index (χ2v) is 21.2. The molecule has 6 heteroatoms. The standard InChI is InChI=1S/C67H38N4S2/c1-2-18-45-39(14-1)15-12-24-46(45)40-30-32-41(33-31-40)65-68-66(44-34-35-51-50-22-7-10-28-58(50)72-60(51)37-44)70-67(69-65)53-23-4-3-19-47(53)42-16-11-17-43(36-42)54-38-55-49-21-6-9-27-57(49)71-56-26-8-5-20-48(56)52-25-13-29-59-61(52)62(63(55)71)64(54)73-59/h1-38H. The summed E-state index contributed by atoms with van der Waals surface area (Å²) in [6.07, 6.45) is 0. The Morgan fingerprint density at radius 2 is 0.849 bits per heavy atom. The zero-order valence-corrected chi connectivity index (χ0v) is 40.7. The van der Waals surface area contributed by atoms with E-state index >= 15 is 0 Å². The molecule has 0 amide bonds. The Bertz CT molecular complexity index is 4920. The van der Waals surface area contributed by atoms with Gasteiger partial charge in [0.2, 0.25) is 0 Å². The van der Waals surface area contributed by atoms with Gasteiger partial charge in [0.15, 0.2) is 17.5 Å². The zero-order valence-electron chi connectivity index (χ0n) is 39.0. The summed E-state index contributed by atoms with van der Waals surface area (Å²) in [5, 5.41) is 12.7. The van der Waals surface area contributed by atoms with Crippen molar-refractivity contribution in [2.75, 3.05) is 0 Å². The van der Waals surface area contributed by atoms with E-state index in [1.165, 1.54) is 106 Å². The van der Waals surface area contributed by atoms with E-state index in [0.29, 0.717) is 17.5 Å². The van der Waals surface area contributed by atoms with E-state index in [1.54, 1.807) is 11.3 Å². The van der Waals surface area contributed by atoms with Crippen molar-refractivity contribution in [3.8, 4) is 67.5 Å². The molecule has 5 heterocycles. The first-order valence-corrected chi connectivity index (χ1v) is 26.3. The predicted molar refractivity (Wildman–Crippen MR) is 310 cm³/mol. The number of nitrogens with zero attached hydrogens (tertiary/aromatic N) is 4. The predicted octanol–water partition coefficient (Wildman–Crippen LogP) is 18.9. The average molecular weight is 963 g/mol. The number of thiophene rings is 2. The van der Waals surface area contributed by atoms with E-state index in [4.69, 9.17) is 15.0 Å². The molecule has 0 unspecified atom stereocenters. The lowest BCUT2D eigenvalue weighted by atomic mass is 9.93. The van der Waals surface area contributed by atoms with Gasteiger partial charge < -0.3 is 4.40 Å². The molecule has 0 N–H and O–H groups in total. The molecule has 0 bridgehead atoms. The smallest absolute Gasteiger partial charge is 0.164 e. The molecule has 0 saturated heterocycles. The molecule has 5 aromatic heterocycles. The van der Waals surface area contributed by atoms with Gasteiger partial charge in [-0.3, -0.25) is 0 Å². The third-order valence-electron chi connectivity index (χ3n) is 15.0. The van der Waals surface area contributed by atoms with Crippen LogP contribution >= 0.6 is 22.7 Å². The highest BCUT2D eigenvalue weighted by atomic mass is 32.1. The third-order valence-corrected chi connectivity index (χ3v) is 17.3. The molecular weight excluding hydrogens is 925 g/mol. The highest BCUT2D eigenvalue weighted by Gasteiger charge is 2.24. The fourth-order valence-corrected chi connectivity index (χ4v) is 14.1. The molecule has 0 aliphatic rings. The van der Waals surface area contributed by atoms with Crippen LogP contribution in [0.5, 0.6) is 0 Å². The van der Waals surface area contributed by atoms with E-state index < -0.39 is 0 Å². The van der Waals surface area contributed by atoms with Crippen LogP contribution in [0.25, 0.3) is 157 Å². The van der Waals surface area contributed by atoms with Crippen LogP contribution < -0.4 is 0 Å². The Kier molecular flexibility index (Phi) is 8.75. The Balaban J connectivity index is 0.880. The van der Waals surface area contributed by atoms with Crippen LogP contribution in [-0.4, -0.2) is 19.4 Å². The molecule has 16 aromatic rings. The maximum absolute atomic E-state index is 5.37. The van der Waals surface area contributed by atoms with Crippen LogP contribution in [0.2, 0.25) is 0 Å². The molecule has 4 nitrogen and oxygen atoms in total. The lowest BCUT2D eigenvalue weighted by molar-refractivity contribution is 1.07. The number of para-hydroxylation sites is 2. The minimum absolute atomic E-state index is 0.627. The zero-order chi connectivity index (χ0) is 47.7. The molecule has 0 aliphatic carbocycles. The largest absolute Gasteiger partial charge is 0.308 e. The summed E-state index contributed by atoms with van der Waals surface area (Å²) in [7, 11) is 0. The number of benzene rings is 11. The first-order valence-electron chi connectivity index (χ1n) is 24.7. The van der Waals surface area contributed by atoms with Crippen molar-refractivity contribution < 1.29 is 0 Å². The molecular formula is C67H38N4S2. The Labute approximate surface area is 426 Å². The van der Waals surface area contributed by atoms with Crippen molar-refractivity contribution in [2.24, 2.45) is 0 Å². The van der Waals surface area contributed by atoms with Crippen molar-refractivity contribution in [1.82, 2.24) is 19.4 Å². The molecule has 0 saturated carbocycles. The number of hydrogen-bond donors (Lipinski definition) is 0. The Morgan fingerprint density at radius 3 is 1.68 bits per heavy atom. The van der Waals surface area contributed by atoms with Gasteiger partial charge in [0.25, 0.3) is 0 Å². The summed E-state index contributed by atoms with van der Waals surface area (Å²) in [5.41, 5.74) is 13.4. The van der Waals surface area contributed by atoms with E-state index in [2.05, 4.69) is 235 Å². The van der Waals surface area contributed by atoms with Crippen molar-refractivity contribution >= 4 is 112 Å². The van der Waals surface area contributed by atoms with E-state index in [-0.39, 0.29) is 0 Å². The number of aromatic nitrogens is 4. The topological polar surface area (TPSA) is 43.1 Å². The number of fused-ring (bicyclic) bond motifs is 10. The maximum Gasteiger partial charge on any atom is 0.164 e. The first-order chi connectivity index (χ1) is 36.2. The SMILES string of the molecule is c1cc(-c2ccccc2-c2nc(-c3ccc(-c4cccc5ccccc45)cc3)nc(-c3ccc4c(c3)sc3ccccc34)n2)cc(-c2cc3c4ccccc4n4c5ccccc5c5cccc6sc2c(c65)c34)c1. The fourth-order valence-electron chi connectivity index (χ4n) is 11.7. The summed E-state index contributed by atoms with van der Waals surface area (Å²) >= 11 is 3.71. The van der Waals surface area contributed by atoms with Gasteiger partial charge in [-0.1, -0.05) is 188 Å². The van der Waals surface area contributed by atoms with Crippen LogP contribution in [-0.2, 0) is 0 Å². The van der Waals surface area contributed by atoms with E-state index in [1.807, 2.05) is 11.3 Å². The Hall–Kier alpha value is -9.07. The Morgan fingerprint density at radius 1 is 0.288 bits per heavy atom. The van der Waals surface area contributed by atoms with Gasteiger partial charge >= 0.3 is 0 Å². The minimum Gasteiger partial charge on any atom is -0.308 e. The molecule has 0 aliphatic heterocycles. The molecule has 73 heavy (non-hydrogen) atoms. The number of hydrogen-bond acceptors (Lipinski definition) is 5. The second-order valence-electron chi connectivity index (χ2n) is 19.0. The number of rotatable bonds is 6. The van der Waals surface area contributed by atoms with Gasteiger partial charge in [0.1, 0.15) is 0 Å². The van der Waals surface area contributed by atoms with E-state index in [0.717, 1.165) is 33.4 Å². The highest BCUT2D eigenvalue weighted by molar-refractivity contribution is 7.27. The monoisotopic (exact) mass is 962 g/mol. The van der Waals surface area contributed by atoms with Gasteiger partial charge in [-0.05, 0) is 86.4 Å². The molecule has 0 radical (unpaired) electrons. The molecule has 0 atom stereocenters. The van der Waals surface area contributed by atoms with Gasteiger partial charge in [-0.25, -0.2) is 15.0 Å². The normalized spacial score (nSPS) is 12.1. The molecule has 0 fully saturated rings. The molecule has 16 rings (SSSR count). The molecule has 11 aromatic carbocycles. The van der Waals surface area contributed by atoms with Crippen LogP contribution in [0.3, 0.4) is 0 Å². The summed E-state index contributed by atoms with van der Waals surface area (Å²) < 4.78 is 7.58. The van der Waals surface area contributed by atoms with Gasteiger partial charge in [0, 0.05) is 78.8 Å². The average Bonchev–Trinajstić information content (AvgIpc) is 4.12. The molecule has 338 valence electrons. The highest BCUT2D eigenvalue weighted by Crippen LogP contribution is 2.50. The van der Waals surface area contributed by atoms with Crippen LogP contribution in [0.15, 0.2) is 231 Å². The fraction of sp³-hybridized carbons (Fsp3) is 0. The minimum atomic E-state index is 0.627. The van der Waals surface area contributed by atoms with Gasteiger partial charge in [0.05, 0.1) is 16.6 Å². The summed E-state index contributed by atoms with van der Waals surface area (Å²) in [6.45, 7) is 0. The third kappa shape index (κ3) is 6.15. The first kappa shape index (κ1) is 40.6. The van der Waals surface area contributed by atoms with Crippen molar-refractivity contribution in [1.29, 1.82) is 0 Å². The van der Waals surface area contributed by atoms with Crippen LogP contribution in [0.4, 0.5) is 0 Å². The van der Waals surface area contributed by atoms with Crippen molar-refractivity contribution in [2.45, 2.75) is 0 Å².